The van der Waals surface area contributed by atoms with Gasteiger partial charge in [-0.3, -0.25) is 4.90 Å². The van der Waals surface area contributed by atoms with E-state index in [0.717, 1.165) is 6.29 Å². The molecule has 0 radical (unpaired) electrons. The maximum atomic E-state index is 12.6. The van der Waals surface area contributed by atoms with Gasteiger partial charge in [-0.05, 0) is 34.6 Å². The minimum absolute atomic E-state index is 0.0368. The lowest BCUT2D eigenvalue weighted by atomic mass is 10.1. The number of ether oxygens (including phenoxy) is 2. The third-order valence-corrected chi connectivity index (χ3v) is 3.86. The summed E-state index contributed by atoms with van der Waals surface area (Å²) >= 11 is 0. The Morgan fingerprint density at radius 1 is 1.54 bits per heavy atom. The fraction of sp³-hybridized carbons (Fsp3) is 0.706. The fourth-order valence-electron chi connectivity index (χ4n) is 2.59. The summed E-state index contributed by atoms with van der Waals surface area (Å²) in [7, 11) is 0. The van der Waals surface area contributed by atoms with Crippen LogP contribution in [0, 0.1) is 0 Å². The van der Waals surface area contributed by atoms with Crippen LogP contribution in [-0.2, 0) is 14.3 Å². The molecule has 134 valence electrons. The molecular weight excluding hydrogens is 312 g/mol. The summed E-state index contributed by atoms with van der Waals surface area (Å²) in [4.78, 5) is 29.2. The summed E-state index contributed by atoms with van der Waals surface area (Å²) < 4.78 is 16.8. The van der Waals surface area contributed by atoms with Crippen LogP contribution >= 0.6 is 0 Å². The number of hydrogen-bond acceptors (Lipinski definition) is 6. The first-order chi connectivity index (χ1) is 11.0. The number of rotatable bonds is 4. The molecule has 0 spiro atoms. The zero-order valence-corrected chi connectivity index (χ0v) is 15.2. The van der Waals surface area contributed by atoms with E-state index in [9.17, 15) is 9.59 Å². The molecule has 7 heteroatoms. The third kappa shape index (κ3) is 3.95. The van der Waals surface area contributed by atoms with Crippen LogP contribution in [0.4, 0.5) is 4.79 Å². The molecular formula is C17H26N2O5. The van der Waals surface area contributed by atoms with Gasteiger partial charge in [-0.15, -0.1) is 0 Å². The van der Waals surface area contributed by atoms with Gasteiger partial charge in [0.25, 0.3) is 0 Å². The van der Waals surface area contributed by atoms with Crippen LogP contribution in [0.2, 0.25) is 0 Å². The number of carbonyl (C=O) groups is 2. The highest BCUT2D eigenvalue weighted by atomic mass is 16.6. The quantitative estimate of drug-likeness (QED) is 0.783. The second kappa shape index (κ2) is 6.55. The van der Waals surface area contributed by atoms with Crippen LogP contribution in [0.3, 0.4) is 0 Å². The minimum atomic E-state index is -0.823. The molecule has 2 rings (SSSR count). The molecule has 0 aliphatic carbocycles. The highest BCUT2D eigenvalue weighted by Crippen LogP contribution is 2.38. The number of aldehydes is 1. The summed E-state index contributed by atoms with van der Waals surface area (Å²) in [6, 6.07) is -0.466. The maximum absolute atomic E-state index is 12.6. The topological polar surface area (TPSA) is 81.9 Å². The molecule has 24 heavy (non-hydrogen) atoms. The first kappa shape index (κ1) is 18.4. The van der Waals surface area contributed by atoms with Crippen molar-refractivity contribution in [1.82, 2.24) is 9.88 Å². The summed E-state index contributed by atoms with van der Waals surface area (Å²) in [5, 5.41) is 0. The number of oxazole rings is 1. The van der Waals surface area contributed by atoms with Gasteiger partial charge < -0.3 is 18.7 Å². The van der Waals surface area contributed by atoms with Gasteiger partial charge in [0.1, 0.15) is 29.9 Å². The SMILES string of the molecule is C[C@@H](CC=O)c1coc([C@@H]2COC(C)(C)N2C(=O)OC(C)(C)C)n1. The van der Waals surface area contributed by atoms with E-state index in [0.29, 0.717) is 18.0 Å². The molecule has 1 aromatic heterocycles. The predicted octanol–water partition coefficient (Wildman–Crippen LogP) is 3.41. The van der Waals surface area contributed by atoms with Gasteiger partial charge >= 0.3 is 6.09 Å². The van der Waals surface area contributed by atoms with E-state index in [1.165, 1.54) is 11.2 Å². The van der Waals surface area contributed by atoms with E-state index in [4.69, 9.17) is 13.9 Å². The number of amides is 1. The monoisotopic (exact) mass is 338 g/mol. The van der Waals surface area contributed by atoms with E-state index >= 15 is 0 Å². The lowest BCUT2D eigenvalue weighted by Crippen LogP contribution is -2.47. The van der Waals surface area contributed by atoms with Crippen LogP contribution in [-0.4, -0.2) is 40.2 Å². The van der Waals surface area contributed by atoms with Crippen molar-refractivity contribution in [1.29, 1.82) is 0 Å². The van der Waals surface area contributed by atoms with Crippen molar-refractivity contribution in [2.45, 2.75) is 71.2 Å². The largest absolute Gasteiger partial charge is 0.446 e. The van der Waals surface area contributed by atoms with Crippen molar-refractivity contribution in [3.63, 3.8) is 0 Å². The Hall–Kier alpha value is -1.89. The Bertz CT molecular complexity index is 602. The van der Waals surface area contributed by atoms with Crippen molar-refractivity contribution in [2.75, 3.05) is 6.61 Å². The molecule has 1 aliphatic rings. The highest BCUT2D eigenvalue weighted by molar-refractivity contribution is 5.69. The molecule has 7 nitrogen and oxygen atoms in total. The lowest BCUT2D eigenvalue weighted by Gasteiger charge is -2.34. The van der Waals surface area contributed by atoms with Gasteiger partial charge in [0, 0.05) is 12.3 Å². The van der Waals surface area contributed by atoms with Crippen molar-refractivity contribution in [2.24, 2.45) is 0 Å². The third-order valence-electron chi connectivity index (χ3n) is 3.86. The van der Waals surface area contributed by atoms with Gasteiger partial charge in [0.2, 0.25) is 5.89 Å². The molecule has 0 aromatic carbocycles. The zero-order valence-electron chi connectivity index (χ0n) is 15.2. The summed E-state index contributed by atoms with van der Waals surface area (Å²) in [6.45, 7) is 11.2. The second-order valence-corrected chi connectivity index (χ2v) is 7.54. The van der Waals surface area contributed by atoms with Crippen LogP contribution in [0.15, 0.2) is 10.7 Å². The molecule has 0 N–H and O–H groups in total. The molecule has 0 saturated carbocycles. The van der Waals surface area contributed by atoms with Crippen molar-refractivity contribution in [3.05, 3.63) is 17.8 Å². The normalized spacial score (nSPS) is 21.6. The van der Waals surface area contributed by atoms with Gasteiger partial charge in [0.05, 0.1) is 12.3 Å². The van der Waals surface area contributed by atoms with E-state index in [1.807, 2.05) is 27.7 Å². The summed E-state index contributed by atoms with van der Waals surface area (Å²) in [5.74, 6) is 0.351. The Labute approximate surface area is 142 Å². The lowest BCUT2D eigenvalue weighted by molar-refractivity contribution is -0.108. The van der Waals surface area contributed by atoms with Gasteiger partial charge in [-0.2, -0.15) is 0 Å². The van der Waals surface area contributed by atoms with Crippen molar-refractivity contribution in [3.8, 4) is 0 Å². The highest BCUT2D eigenvalue weighted by Gasteiger charge is 2.48. The smallest absolute Gasteiger partial charge is 0.413 e. The van der Waals surface area contributed by atoms with E-state index < -0.39 is 23.5 Å². The van der Waals surface area contributed by atoms with Crippen LogP contribution in [0.1, 0.15) is 71.5 Å². The average Bonchev–Trinajstić information content (AvgIpc) is 3.00. The van der Waals surface area contributed by atoms with Crippen molar-refractivity contribution < 1.29 is 23.5 Å². The molecule has 2 atom stereocenters. The van der Waals surface area contributed by atoms with E-state index in [2.05, 4.69) is 4.98 Å². The van der Waals surface area contributed by atoms with E-state index in [-0.39, 0.29) is 12.5 Å². The van der Waals surface area contributed by atoms with Gasteiger partial charge in [-0.1, -0.05) is 6.92 Å². The Kier molecular flexibility index (Phi) is 5.03. The predicted molar refractivity (Wildman–Crippen MR) is 86.4 cm³/mol. The van der Waals surface area contributed by atoms with Crippen LogP contribution < -0.4 is 0 Å². The first-order valence-corrected chi connectivity index (χ1v) is 8.10. The zero-order chi connectivity index (χ0) is 18.1. The number of carbonyl (C=O) groups excluding carboxylic acids is 2. The molecule has 0 unspecified atom stereocenters. The van der Waals surface area contributed by atoms with Gasteiger partial charge in [0.15, 0.2) is 0 Å². The Morgan fingerprint density at radius 3 is 2.79 bits per heavy atom. The standard InChI is InChI=1S/C17H26N2O5/c1-11(7-8-20)12-9-22-14(18-12)13-10-23-17(5,6)19(13)15(21)24-16(2,3)4/h8-9,11,13H,7,10H2,1-6H3/t11-,13-/m0/s1. The molecule has 1 aromatic rings. The second-order valence-electron chi connectivity index (χ2n) is 7.54. The number of nitrogens with zero attached hydrogens (tertiary/aromatic N) is 2. The fourth-order valence-corrected chi connectivity index (χ4v) is 2.59. The van der Waals surface area contributed by atoms with Gasteiger partial charge in [-0.25, -0.2) is 9.78 Å². The molecule has 1 saturated heterocycles. The molecule has 0 bridgehead atoms. The Morgan fingerprint density at radius 2 is 2.21 bits per heavy atom. The molecule has 1 fully saturated rings. The minimum Gasteiger partial charge on any atom is -0.446 e. The first-order valence-electron chi connectivity index (χ1n) is 8.10. The van der Waals surface area contributed by atoms with E-state index in [1.54, 1.807) is 13.8 Å². The average molecular weight is 338 g/mol. The van der Waals surface area contributed by atoms with Crippen LogP contribution in [0.25, 0.3) is 0 Å². The molecule has 2 heterocycles. The summed E-state index contributed by atoms with van der Waals surface area (Å²) in [6.07, 6.45) is 2.28. The summed E-state index contributed by atoms with van der Waals surface area (Å²) in [5.41, 5.74) is -0.748. The maximum Gasteiger partial charge on any atom is 0.413 e. The number of aromatic nitrogens is 1. The number of hydrogen-bond donors (Lipinski definition) is 0. The van der Waals surface area contributed by atoms with Crippen LogP contribution in [0.5, 0.6) is 0 Å². The molecule has 1 amide bonds. The molecule has 1 aliphatic heterocycles. The van der Waals surface area contributed by atoms with Crippen molar-refractivity contribution >= 4 is 12.4 Å². The Balaban J connectivity index is 2.25.